The van der Waals surface area contributed by atoms with Gasteiger partial charge in [-0.25, -0.2) is 18.1 Å². The lowest BCUT2D eigenvalue weighted by Crippen LogP contribution is -2.12. The molecule has 9 heteroatoms. The van der Waals surface area contributed by atoms with Gasteiger partial charge in [0.2, 0.25) is 0 Å². The molecule has 0 saturated carbocycles. The van der Waals surface area contributed by atoms with Crippen molar-refractivity contribution in [2.24, 2.45) is 0 Å². The first-order chi connectivity index (χ1) is 10.2. The molecule has 1 heterocycles. The lowest BCUT2D eigenvalue weighted by atomic mass is 10.4. The third kappa shape index (κ3) is 3.85. The van der Waals surface area contributed by atoms with Crippen LogP contribution in [0, 0.1) is 6.92 Å². The van der Waals surface area contributed by atoms with E-state index in [4.69, 9.17) is 0 Å². The number of aromatic nitrogens is 3. The van der Waals surface area contributed by atoms with E-state index in [0.29, 0.717) is 0 Å². The number of alkyl halides is 3. The highest BCUT2D eigenvalue weighted by atomic mass is 32.2. The Labute approximate surface area is 125 Å². The predicted octanol–water partition coefficient (Wildman–Crippen LogP) is 2.47. The van der Waals surface area contributed by atoms with E-state index in [-0.39, 0.29) is 29.4 Å². The van der Waals surface area contributed by atoms with Crippen molar-refractivity contribution in [3.8, 4) is 0 Å². The van der Waals surface area contributed by atoms with Gasteiger partial charge in [0, 0.05) is 6.54 Å². The van der Waals surface area contributed by atoms with E-state index < -0.39 is 21.8 Å². The summed E-state index contributed by atoms with van der Waals surface area (Å²) in [6.07, 6.45) is -4.45. The molecule has 120 valence electrons. The van der Waals surface area contributed by atoms with Crippen molar-refractivity contribution < 1.29 is 21.6 Å². The van der Waals surface area contributed by atoms with E-state index in [1.54, 1.807) is 18.2 Å². The molecule has 0 atom stereocenters. The molecule has 0 radical (unpaired) electrons. The number of benzene rings is 1. The maximum atomic E-state index is 12.5. The normalized spacial score (nSPS) is 12.5. The molecule has 22 heavy (non-hydrogen) atoms. The molecule has 5 nitrogen and oxygen atoms in total. The van der Waals surface area contributed by atoms with Crippen molar-refractivity contribution in [3.63, 3.8) is 0 Å². The Morgan fingerprint density at radius 1 is 1.18 bits per heavy atom. The maximum absolute atomic E-state index is 12.5. The van der Waals surface area contributed by atoms with Crippen molar-refractivity contribution in [3.05, 3.63) is 42.0 Å². The van der Waals surface area contributed by atoms with Crippen LogP contribution in [0.3, 0.4) is 0 Å². The topological polar surface area (TPSA) is 64.8 Å². The summed E-state index contributed by atoms with van der Waals surface area (Å²) in [7, 11) is -3.45. The molecular formula is C13H14F3N3O2S. The minimum Gasteiger partial charge on any atom is -0.250 e. The number of nitrogens with zero attached hydrogens (tertiary/aromatic N) is 3. The minimum atomic E-state index is -4.61. The standard InChI is InChI=1S/C13H14F3N3O2S/c1-10-17-12(13(14,15)16)18-19(10)8-5-9-22(20,21)11-6-3-2-4-7-11/h2-4,6-7H,5,8-9H2,1H3. The first-order valence-electron chi connectivity index (χ1n) is 6.46. The predicted molar refractivity (Wildman–Crippen MR) is 72.9 cm³/mol. The summed E-state index contributed by atoms with van der Waals surface area (Å²) in [6, 6.07) is 7.90. The van der Waals surface area contributed by atoms with Gasteiger partial charge >= 0.3 is 6.18 Å². The molecule has 0 aliphatic rings. The molecular weight excluding hydrogens is 319 g/mol. The number of hydrogen-bond donors (Lipinski definition) is 0. The summed E-state index contributed by atoms with van der Waals surface area (Å²) in [5.41, 5.74) is 0. The van der Waals surface area contributed by atoms with Crippen molar-refractivity contribution in [1.82, 2.24) is 14.8 Å². The Morgan fingerprint density at radius 3 is 2.36 bits per heavy atom. The minimum absolute atomic E-state index is 0.0565. The first kappa shape index (κ1) is 16.5. The van der Waals surface area contributed by atoms with Crippen LogP contribution in [-0.4, -0.2) is 28.9 Å². The molecule has 0 unspecified atom stereocenters. The Balaban J connectivity index is 2.01. The Bertz CT molecular complexity index is 740. The van der Waals surface area contributed by atoms with E-state index >= 15 is 0 Å². The fourth-order valence-corrected chi connectivity index (χ4v) is 3.22. The number of halogens is 3. The monoisotopic (exact) mass is 333 g/mol. The number of hydrogen-bond acceptors (Lipinski definition) is 4. The lowest BCUT2D eigenvalue weighted by molar-refractivity contribution is -0.145. The fraction of sp³-hybridized carbons (Fsp3) is 0.385. The zero-order valence-corrected chi connectivity index (χ0v) is 12.5. The van der Waals surface area contributed by atoms with Gasteiger partial charge in [0.1, 0.15) is 5.82 Å². The Morgan fingerprint density at radius 2 is 1.82 bits per heavy atom. The van der Waals surface area contributed by atoms with Gasteiger partial charge in [-0.2, -0.15) is 13.2 Å². The fourth-order valence-electron chi connectivity index (χ4n) is 1.90. The molecule has 2 aromatic rings. The van der Waals surface area contributed by atoms with Crippen LogP contribution in [0.2, 0.25) is 0 Å². The van der Waals surface area contributed by atoms with Gasteiger partial charge in [-0.1, -0.05) is 18.2 Å². The average Bonchev–Trinajstić information content (AvgIpc) is 2.81. The molecule has 1 aromatic carbocycles. The van der Waals surface area contributed by atoms with Crippen molar-refractivity contribution >= 4 is 9.84 Å². The van der Waals surface area contributed by atoms with Gasteiger partial charge in [-0.05, 0) is 25.5 Å². The smallest absolute Gasteiger partial charge is 0.250 e. The summed E-state index contributed by atoms with van der Waals surface area (Å²) in [5, 5.41) is 3.36. The largest absolute Gasteiger partial charge is 0.453 e. The van der Waals surface area contributed by atoms with Gasteiger partial charge in [0.25, 0.3) is 5.82 Å². The van der Waals surface area contributed by atoms with Gasteiger partial charge in [-0.15, -0.1) is 5.10 Å². The molecule has 0 saturated heterocycles. The van der Waals surface area contributed by atoms with Crippen LogP contribution in [0.5, 0.6) is 0 Å². The third-order valence-electron chi connectivity index (χ3n) is 3.00. The van der Waals surface area contributed by atoms with E-state index in [1.165, 1.54) is 19.1 Å². The van der Waals surface area contributed by atoms with Crippen LogP contribution in [0.15, 0.2) is 35.2 Å². The van der Waals surface area contributed by atoms with Crippen LogP contribution in [0.25, 0.3) is 0 Å². The molecule has 0 aliphatic heterocycles. The summed E-state index contributed by atoms with van der Waals surface area (Å²) >= 11 is 0. The van der Waals surface area contributed by atoms with E-state index in [0.717, 1.165) is 4.68 Å². The van der Waals surface area contributed by atoms with Crippen LogP contribution < -0.4 is 0 Å². The summed E-state index contributed by atoms with van der Waals surface area (Å²) in [6.45, 7) is 1.45. The highest BCUT2D eigenvalue weighted by Crippen LogP contribution is 2.26. The van der Waals surface area contributed by atoms with Crippen molar-refractivity contribution in [1.29, 1.82) is 0 Å². The van der Waals surface area contributed by atoms with Crippen molar-refractivity contribution in [2.45, 2.75) is 31.0 Å². The molecule has 0 spiro atoms. The molecule has 0 bridgehead atoms. The van der Waals surface area contributed by atoms with Crippen LogP contribution >= 0.6 is 0 Å². The summed E-state index contributed by atoms with van der Waals surface area (Å²) in [4.78, 5) is 3.53. The van der Waals surface area contributed by atoms with Gasteiger partial charge in [0.15, 0.2) is 9.84 Å². The highest BCUT2D eigenvalue weighted by molar-refractivity contribution is 7.91. The van der Waals surface area contributed by atoms with Crippen LogP contribution in [0.1, 0.15) is 18.1 Å². The van der Waals surface area contributed by atoms with Crippen LogP contribution in [0.4, 0.5) is 13.2 Å². The number of rotatable bonds is 5. The zero-order chi connectivity index (χ0) is 16.4. The van der Waals surface area contributed by atoms with E-state index in [2.05, 4.69) is 10.1 Å². The quantitative estimate of drug-likeness (QED) is 0.843. The van der Waals surface area contributed by atoms with Crippen LogP contribution in [-0.2, 0) is 22.6 Å². The lowest BCUT2D eigenvalue weighted by Gasteiger charge is -2.05. The first-order valence-corrected chi connectivity index (χ1v) is 8.12. The van der Waals surface area contributed by atoms with Gasteiger partial charge in [-0.3, -0.25) is 0 Å². The second-order valence-corrected chi connectivity index (χ2v) is 6.80. The molecule has 1 aromatic heterocycles. The highest BCUT2D eigenvalue weighted by Gasteiger charge is 2.36. The summed E-state index contributed by atoms with van der Waals surface area (Å²) in [5.74, 6) is -1.28. The third-order valence-corrected chi connectivity index (χ3v) is 4.81. The second-order valence-electron chi connectivity index (χ2n) is 4.69. The van der Waals surface area contributed by atoms with E-state index in [1.807, 2.05) is 0 Å². The number of aryl methyl sites for hydroxylation is 2. The average molecular weight is 333 g/mol. The second kappa shape index (κ2) is 6.07. The summed E-state index contributed by atoms with van der Waals surface area (Å²) < 4.78 is 62.6. The van der Waals surface area contributed by atoms with E-state index in [9.17, 15) is 21.6 Å². The maximum Gasteiger partial charge on any atom is 0.453 e. The molecule has 0 N–H and O–H groups in total. The Hall–Kier alpha value is -1.90. The molecule has 0 amide bonds. The molecule has 0 aliphatic carbocycles. The molecule has 0 fully saturated rings. The zero-order valence-electron chi connectivity index (χ0n) is 11.7. The van der Waals surface area contributed by atoms with Gasteiger partial charge in [0.05, 0.1) is 10.6 Å². The molecule has 2 rings (SSSR count). The van der Waals surface area contributed by atoms with Crippen molar-refractivity contribution in [2.75, 3.05) is 5.75 Å². The van der Waals surface area contributed by atoms with Gasteiger partial charge < -0.3 is 0 Å². The Kier molecular flexibility index (Phi) is 4.55. The SMILES string of the molecule is Cc1nc(C(F)(F)F)nn1CCCS(=O)(=O)c1ccccc1. The number of sulfone groups is 1.